The first kappa shape index (κ1) is 12.5. The van der Waals surface area contributed by atoms with Gasteiger partial charge in [-0.05, 0) is 13.1 Å². The maximum absolute atomic E-state index is 12.6. The van der Waals surface area contributed by atoms with Crippen molar-refractivity contribution in [3.63, 3.8) is 0 Å². The zero-order valence-electron chi connectivity index (χ0n) is 9.87. The van der Waals surface area contributed by atoms with Crippen LogP contribution >= 0.6 is 0 Å². The van der Waals surface area contributed by atoms with Crippen molar-refractivity contribution in [2.75, 3.05) is 33.2 Å². The van der Waals surface area contributed by atoms with Gasteiger partial charge >= 0.3 is 6.18 Å². The number of hydrogen-bond acceptors (Lipinski definition) is 2. The van der Waals surface area contributed by atoms with Crippen LogP contribution in [0.1, 0.15) is 6.42 Å². The summed E-state index contributed by atoms with van der Waals surface area (Å²) in [6.07, 6.45) is 0.564. The summed E-state index contributed by atoms with van der Waals surface area (Å²) in [5, 5.41) is 0. The predicted molar refractivity (Wildman–Crippen MR) is 60.5 cm³/mol. The molecule has 1 unspecified atom stereocenters. The number of rotatable bonds is 1. The Bertz CT molecular complexity index is 325. The van der Waals surface area contributed by atoms with Crippen molar-refractivity contribution in [3.8, 4) is 0 Å². The van der Waals surface area contributed by atoms with Crippen LogP contribution in [0.3, 0.4) is 0 Å². The van der Waals surface area contributed by atoms with Crippen molar-refractivity contribution >= 4 is 0 Å². The van der Waals surface area contributed by atoms with Gasteiger partial charge in [0.05, 0.1) is 5.92 Å². The monoisotopic (exact) mass is 246 g/mol. The number of halogens is 3. The Morgan fingerprint density at radius 3 is 2.41 bits per heavy atom. The van der Waals surface area contributed by atoms with Crippen LogP contribution in [0.5, 0.6) is 0 Å². The largest absolute Gasteiger partial charge is 0.395 e. The third kappa shape index (κ3) is 3.03. The highest BCUT2D eigenvalue weighted by atomic mass is 19.4. The standard InChI is InChI=1S/C12H17F3N2/c1-16-5-7-17(8-6-16)11-4-2-3-10(9-11)12(13,14)15/h2-4,10H,5-9H2,1H3. The van der Waals surface area contributed by atoms with E-state index in [9.17, 15) is 13.2 Å². The lowest BCUT2D eigenvalue weighted by atomic mass is 9.96. The van der Waals surface area contributed by atoms with Gasteiger partial charge in [0.1, 0.15) is 0 Å². The molecular weight excluding hydrogens is 229 g/mol. The fourth-order valence-corrected chi connectivity index (χ4v) is 2.22. The van der Waals surface area contributed by atoms with Crippen LogP contribution in [0.2, 0.25) is 0 Å². The summed E-state index contributed by atoms with van der Waals surface area (Å²) in [4.78, 5) is 4.26. The predicted octanol–water partition coefficient (Wildman–Crippen LogP) is 2.26. The molecule has 2 aliphatic rings. The third-order valence-corrected chi connectivity index (χ3v) is 3.39. The van der Waals surface area contributed by atoms with Crippen LogP contribution in [0.25, 0.3) is 0 Å². The Morgan fingerprint density at radius 1 is 1.18 bits per heavy atom. The molecule has 0 aromatic carbocycles. The number of alkyl halides is 3. The number of allylic oxidation sites excluding steroid dienone is 4. The topological polar surface area (TPSA) is 6.48 Å². The minimum absolute atomic E-state index is 0.0870. The number of hydrogen-bond donors (Lipinski definition) is 0. The molecule has 0 bridgehead atoms. The Hall–Kier alpha value is -0.970. The smallest absolute Gasteiger partial charge is 0.372 e. The third-order valence-electron chi connectivity index (χ3n) is 3.39. The fraction of sp³-hybridized carbons (Fsp3) is 0.667. The molecule has 0 saturated carbocycles. The number of piperazine rings is 1. The highest BCUT2D eigenvalue weighted by molar-refractivity contribution is 5.20. The molecule has 1 aliphatic heterocycles. The second-order valence-electron chi connectivity index (χ2n) is 4.69. The highest BCUT2D eigenvalue weighted by Crippen LogP contribution is 2.35. The first-order valence-electron chi connectivity index (χ1n) is 5.84. The second kappa shape index (κ2) is 4.72. The molecule has 0 spiro atoms. The first-order chi connectivity index (χ1) is 7.97. The highest BCUT2D eigenvalue weighted by Gasteiger charge is 2.39. The van der Waals surface area contributed by atoms with Crippen molar-refractivity contribution in [1.29, 1.82) is 0 Å². The zero-order valence-corrected chi connectivity index (χ0v) is 9.87. The fourth-order valence-electron chi connectivity index (χ4n) is 2.22. The molecule has 2 nitrogen and oxygen atoms in total. The molecule has 0 aromatic rings. The van der Waals surface area contributed by atoms with Crippen LogP contribution in [0.15, 0.2) is 23.9 Å². The minimum Gasteiger partial charge on any atom is -0.372 e. The maximum Gasteiger partial charge on any atom is 0.395 e. The normalized spacial score (nSPS) is 27.2. The molecule has 0 radical (unpaired) electrons. The zero-order chi connectivity index (χ0) is 12.5. The Balaban J connectivity index is 1.99. The number of likely N-dealkylation sites (N-methyl/N-ethyl adjacent to an activating group) is 1. The summed E-state index contributed by atoms with van der Waals surface area (Å²) in [5.74, 6) is -1.32. The van der Waals surface area contributed by atoms with Crippen LogP contribution in [0, 0.1) is 5.92 Å². The van der Waals surface area contributed by atoms with E-state index >= 15 is 0 Å². The summed E-state index contributed by atoms with van der Waals surface area (Å²) < 4.78 is 37.9. The summed E-state index contributed by atoms with van der Waals surface area (Å²) in [6, 6.07) is 0. The van der Waals surface area contributed by atoms with Gasteiger partial charge < -0.3 is 9.80 Å². The van der Waals surface area contributed by atoms with Crippen LogP contribution in [-0.4, -0.2) is 49.2 Å². The van der Waals surface area contributed by atoms with E-state index in [-0.39, 0.29) is 6.42 Å². The number of nitrogens with zero attached hydrogens (tertiary/aromatic N) is 2. The van der Waals surface area contributed by atoms with Crippen molar-refractivity contribution in [2.24, 2.45) is 5.92 Å². The molecule has 5 heteroatoms. The maximum atomic E-state index is 12.6. The summed E-state index contributed by atoms with van der Waals surface area (Å²) >= 11 is 0. The van der Waals surface area contributed by atoms with Gasteiger partial charge in [-0.15, -0.1) is 0 Å². The Labute approximate surface area is 99.4 Å². The summed E-state index contributed by atoms with van der Waals surface area (Å²) in [5.41, 5.74) is 0.822. The molecule has 0 aromatic heterocycles. The quantitative estimate of drug-likeness (QED) is 0.700. The lowest BCUT2D eigenvalue weighted by Gasteiger charge is -2.37. The van der Waals surface area contributed by atoms with Crippen molar-refractivity contribution in [1.82, 2.24) is 9.80 Å². The van der Waals surface area contributed by atoms with E-state index < -0.39 is 12.1 Å². The average Bonchev–Trinajstić information content (AvgIpc) is 2.29. The SMILES string of the molecule is CN1CCN(C2=CC=CC(C(F)(F)F)C2)CC1. The van der Waals surface area contributed by atoms with E-state index in [0.717, 1.165) is 31.9 Å². The lowest BCUT2D eigenvalue weighted by Crippen LogP contribution is -2.44. The van der Waals surface area contributed by atoms with Gasteiger partial charge in [0.25, 0.3) is 0 Å². The van der Waals surface area contributed by atoms with E-state index in [1.807, 2.05) is 13.1 Å². The van der Waals surface area contributed by atoms with Crippen molar-refractivity contribution in [2.45, 2.75) is 12.6 Å². The van der Waals surface area contributed by atoms with Crippen molar-refractivity contribution in [3.05, 3.63) is 23.9 Å². The van der Waals surface area contributed by atoms with Gasteiger partial charge in [-0.25, -0.2) is 0 Å². The van der Waals surface area contributed by atoms with Gasteiger partial charge in [0.15, 0.2) is 0 Å². The van der Waals surface area contributed by atoms with Crippen LogP contribution in [-0.2, 0) is 0 Å². The minimum atomic E-state index is -4.12. The van der Waals surface area contributed by atoms with E-state index in [2.05, 4.69) is 9.80 Å². The van der Waals surface area contributed by atoms with Crippen LogP contribution < -0.4 is 0 Å². The van der Waals surface area contributed by atoms with Crippen LogP contribution in [0.4, 0.5) is 13.2 Å². The molecule has 2 rings (SSSR count). The summed E-state index contributed by atoms with van der Waals surface area (Å²) in [7, 11) is 2.03. The molecule has 17 heavy (non-hydrogen) atoms. The second-order valence-corrected chi connectivity index (χ2v) is 4.69. The van der Waals surface area contributed by atoms with Gasteiger partial charge in [0.2, 0.25) is 0 Å². The van der Waals surface area contributed by atoms with E-state index in [0.29, 0.717) is 0 Å². The first-order valence-corrected chi connectivity index (χ1v) is 5.84. The molecule has 1 heterocycles. The van der Waals surface area contributed by atoms with Gasteiger partial charge in [0, 0.05) is 38.3 Å². The van der Waals surface area contributed by atoms with Gasteiger partial charge in [-0.3, -0.25) is 0 Å². The molecule has 1 saturated heterocycles. The molecule has 1 atom stereocenters. The van der Waals surface area contributed by atoms with Crippen molar-refractivity contribution < 1.29 is 13.2 Å². The van der Waals surface area contributed by atoms with Gasteiger partial charge in [-0.1, -0.05) is 12.2 Å². The molecule has 0 amide bonds. The lowest BCUT2D eigenvalue weighted by molar-refractivity contribution is -0.161. The Morgan fingerprint density at radius 2 is 1.82 bits per heavy atom. The molecular formula is C12H17F3N2. The molecule has 0 N–H and O–H groups in total. The summed E-state index contributed by atoms with van der Waals surface area (Å²) in [6.45, 7) is 3.47. The molecule has 1 fully saturated rings. The van der Waals surface area contributed by atoms with E-state index in [1.165, 1.54) is 12.2 Å². The Kier molecular flexibility index (Phi) is 3.47. The molecule has 96 valence electrons. The average molecular weight is 246 g/mol. The molecule has 1 aliphatic carbocycles. The van der Waals surface area contributed by atoms with E-state index in [1.54, 1.807) is 0 Å². The van der Waals surface area contributed by atoms with E-state index in [4.69, 9.17) is 0 Å². The van der Waals surface area contributed by atoms with Gasteiger partial charge in [-0.2, -0.15) is 13.2 Å².